The molecule has 0 aliphatic rings. The van der Waals surface area contributed by atoms with Crippen molar-refractivity contribution in [2.75, 3.05) is 0 Å². The maximum absolute atomic E-state index is 13.8. The number of nitrogens with zero attached hydrogens (tertiary/aromatic N) is 1. The van der Waals surface area contributed by atoms with E-state index >= 15 is 0 Å². The summed E-state index contributed by atoms with van der Waals surface area (Å²) in [5.41, 5.74) is 0.710. The summed E-state index contributed by atoms with van der Waals surface area (Å²) in [6.07, 6.45) is 0. The van der Waals surface area contributed by atoms with Crippen LogP contribution in [0.2, 0.25) is 10.0 Å². The molecule has 2 amide bonds. The quantitative estimate of drug-likeness (QED) is 0.731. The summed E-state index contributed by atoms with van der Waals surface area (Å²) in [7, 11) is 0. The average molecular weight is 401 g/mol. The van der Waals surface area contributed by atoms with Crippen LogP contribution in [0.1, 0.15) is 41.5 Å². The molecule has 138 valence electrons. The molecular formula is C18H16Cl2F2N2O2. The number of carbonyl (C=O) groups excluding carboxylic acids is 2. The van der Waals surface area contributed by atoms with Crippen molar-refractivity contribution in [3.05, 3.63) is 69.2 Å². The molecule has 0 heterocycles. The Morgan fingerprint density at radius 1 is 1.00 bits per heavy atom. The third-order valence-electron chi connectivity index (χ3n) is 3.39. The van der Waals surface area contributed by atoms with Gasteiger partial charge in [0, 0.05) is 15.6 Å². The predicted molar refractivity (Wildman–Crippen MR) is 96.2 cm³/mol. The Labute approximate surface area is 159 Å². The molecule has 8 heteroatoms. The minimum absolute atomic E-state index is 0.117. The van der Waals surface area contributed by atoms with Gasteiger partial charge in [-0.15, -0.1) is 0 Å². The first-order chi connectivity index (χ1) is 12.0. The number of benzene rings is 2. The fraction of sp³-hybridized carbons (Fsp3) is 0.222. The van der Waals surface area contributed by atoms with Gasteiger partial charge in [0.2, 0.25) is 0 Å². The number of hydrogen-bond acceptors (Lipinski definition) is 2. The molecule has 4 nitrogen and oxygen atoms in total. The molecule has 1 N–H and O–H groups in total. The molecule has 0 spiro atoms. The van der Waals surface area contributed by atoms with E-state index in [1.54, 1.807) is 20.8 Å². The number of hydrogen-bond donors (Lipinski definition) is 1. The fourth-order valence-electron chi connectivity index (χ4n) is 2.20. The van der Waals surface area contributed by atoms with Gasteiger partial charge in [0.15, 0.2) is 0 Å². The van der Waals surface area contributed by atoms with Crippen LogP contribution in [0.15, 0.2) is 36.4 Å². The molecule has 0 aliphatic heterocycles. The van der Waals surface area contributed by atoms with Crippen LogP contribution in [-0.4, -0.2) is 22.4 Å². The van der Waals surface area contributed by atoms with Crippen molar-refractivity contribution in [1.29, 1.82) is 0 Å². The zero-order valence-electron chi connectivity index (χ0n) is 14.2. The first-order valence-electron chi connectivity index (χ1n) is 7.56. The second kappa shape index (κ2) is 7.60. The van der Waals surface area contributed by atoms with Crippen molar-refractivity contribution >= 4 is 35.0 Å². The van der Waals surface area contributed by atoms with Gasteiger partial charge < -0.3 is 0 Å². The summed E-state index contributed by atoms with van der Waals surface area (Å²) in [6, 6.07) is 7.27. The van der Waals surface area contributed by atoms with Gasteiger partial charge in [-0.1, -0.05) is 29.3 Å². The molecule has 0 saturated heterocycles. The maximum atomic E-state index is 13.8. The van der Waals surface area contributed by atoms with Crippen LogP contribution < -0.4 is 5.43 Å². The van der Waals surface area contributed by atoms with Gasteiger partial charge in [0.25, 0.3) is 11.8 Å². The third-order valence-corrected chi connectivity index (χ3v) is 3.82. The van der Waals surface area contributed by atoms with E-state index < -0.39 is 34.6 Å². The topological polar surface area (TPSA) is 49.4 Å². The lowest BCUT2D eigenvalue weighted by Crippen LogP contribution is -2.56. The molecule has 0 bridgehead atoms. The molecule has 26 heavy (non-hydrogen) atoms. The third kappa shape index (κ3) is 4.51. The fourth-order valence-corrected chi connectivity index (χ4v) is 2.73. The summed E-state index contributed by atoms with van der Waals surface area (Å²) in [5, 5.41) is 1.45. The lowest BCUT2D eigenvalue weighted by atomic mass is 10.1. The zero-order valence-corrected chi connectivity index (χ0v) is 15.8. The highest BCUT2D eigenvalue weighted by molar-refractivity contribution is 6.35. The summed E-state index contributed by atoms with van der Waals surface area (Å²) >= 11 is 11.8. The molecule has 0 atom stereocenters. The van der Waals surface area contributed by atoms with E-state index in [0.29, 0.717) is 0 Å². The smallest absolute Gasteiger partial charge is 0.267 e. The van der Waals surface area contributed by atoms with E-state index in [4.69, 9.17) is 23.2 Å². The van der Waals surface area contributed by atoms with Gasteiger partial charge in [-0.3, -0.25) is 15.0 Å². The van der Waals surface area contributed by atoms with Crippen LogP contribution in [-0.2, 0) is 0 Å². The van der Waals surface area contributed by atoms with Crippen molar-refractivity contribution in [3.63, 3.8) is 0 Å². The van der Waals surface area contributed by atoms with Crippen LogP contribution >= 0.6 is 23.2 Å². The van der Waals surface area contributed by atoms with E-state index in [1.807, 2.05) is 0 Å². The first-order valence-corrected chi connectivity index (χ1v) is 8.32. The van der Waals surface area contributed by atoms with Crippen LogP contribution in [0.5, 0.6) is 0 Å². The molecule has 0 saturated carbocycles. The minimum atomic E-state index is -1.09. The lowest BCUT2D eigenvalue weighted by Gasteiger charge is -2.35. The molecule has 0 fully saturated rings. The van der Waals surface area contributed by atoms with Crippen LogP contribution in [0.4, 0.5) is 8.78 Å². The minimum Gasteiger partial charge on any atom is -0.267 e. The number of carbonyl (C=O) groups is 2. The summed E-state index contributed by atoms with van der Waals surface area (Å²) in [4.78, 5) is 25.2. The lowest BCUT2D eigenvalue weighted by molar-refractivity contribution is 0.0355. The van der Waals surface area contributed by atoms with Gasteiger partial charge in [-0.25, -0.2) is 13.8 Å². The summed E-state index contributed by atoms with van der Waals surface area (Å²) in [6.45, 7) is 4.94. The van der Waals surface area contributed by atoms with E-state index in [-0.39, 0.29) is 15.6 Å². The molecule has 0 radical (unpaired) electrons. The molecule has 0 aliphatic carbocycles. The van der Waals surface area contributed by atoms with Crippen LogP contribution in [0, 0.1) is 11.6 Å². The van der Waals surface area contributed by atoms with Crippen molar-refractivity contribution in [2.24, 2.45) is 0 Å². The van der Waals surface area contributed by atoms with Crippen molar-refractivity contribution in [1.82, 2.24) is 10.4 Å². The van der Waals surface area contributed by atoms with Gasteiger partial charge >= 0.3 is 0 Å². The van der Waals surface area contributed by atoms with Crippen molar-refractivity contribution in [2.45, 2.75) is 26.3 Å². The molecule has 0 aromatic heterocycles. The predicted octanol–water partition coefficient (Wildman–Crippen LogP) is 4.86. The molecule has 2 aromatic carbocycles. The normalized spacial score (nSPS) is 11.2. The molecule has 2 aromatic rings. The number of amides is 2. The number of rotatable bonds is 2. The Bertz CT molecular complexity index is 826. The highest BCUT2D eigenvalue weighted by atomic mass is 35.5. The van der Waals surface area contributed by atoms with E-state index in [1.165, 1.54) is 18.2 Å². The second-order valence-corrected chi connectivity index (χ2v) is 7.38. The Hall–Kier alpha value is -2.18. The Morgan fingerprint density at radius 2 is 1.50 bits per heavy atom. The molecule has 2 rings (SSSR count). The second-order valence-electron chi connectivity index (χ2n) is 6.51. The Balaban J connectivity index is 2.40. The van der Waals surface area contributed by atoms with Gasteiger partial charge in [-0.05, 0) is 51.1 Å². The van der Waals surface area contributed by atoms with Gasteiger partial charge in [-0.2, -0.15) is 0 Å². The van der Waals surface area contributed by atoms with Gasteiger partial charge in [0.1, 0.15) is 17.2 Å². The van der Waals surface area contributed by atoms with E-state index in [9.17, 15) is 18.4 Å². The van der Waals surface area contributed by atoms with Crippen LogP contribution in [0.3, 0.4) is 0 Å². The SMILES string of the molecule is CC(C)(C)N(NC(=O)c1c(F)cccc1F)C(=O)c1cc(Cl)cc(Cl)c1. The molecule has 0 unspecified atom stereocenters. The number of halogens is 4. The zero-order chi connectivity index (χ0) is 19.6. The highest BCUT2D eigenvalue weighted by Gasteiger charge is 2.31. The Kier molecular flexibility index (Phi) is 5.88. The number of nitrogens with one attached hydrogen (secondary N) is 1. The monoisotopic (exact) mass is 400 g/mol. The number of hydrazine groups is 1. The van der Waals surface area contributed by atoms with Crippen molar-refractivity contribution < 1.29 is 18.4 Å². The highest BCUT2D eigenvalue weighted by Crippen LogP contribution is 2.23. The summed E-state index contributed by atoms with van der Waals surface area (Å²) in [5.74, 6) is -3.78. The van der Waals surface area contributed by atoms with Crippen LogP contribution in [0.25, 0.3) is 0 Å². The van der Waals surface area contributed by atoms with E-state index in [2.05, 4.69) is 5.43 Å². The van der Waals surface area contributed by atoms with Gasteiger partial charge in [0.05, 0.1) is 5.54 Å². The standard InChI is InChI=1S/C18H16Cl2F2N2O2/c1-18(2,3)24(17(26)10-7-11(19)9-12(20)8-10)23-16(25)15-13(21)5-4-6-14(15)22/h4-9H,1-3H3,(H,23,25). The van der Waals surface area contributed by atoms with E-state index in [0.717, 1.165) is 23.2 Å². The first kappa shape index (κ1) is 20.1. The average Bonchev–Trinajstić information content (AvgIpc) is 2.49. The van der Waals surface area contributed by atoms with Crippen molar-refractivity contribution in [3.8, 4) is 0 Å². The Morgan fingerprint density at radius 3 is 1.96 bits per heavy atom. The summed E-state index contributed by atoms with van der Waals surface area (Å²) < 4.78 is 27.7. The largest absolute Gasteiger partial charge is 0.275 e. The maximum Gasteiger partial charge on any atom is 0.275 e. The molecular weight excluding hydrogens is 385 g/mol.